The highest BCUT2D eigenvalue weighted by molar-refractivity contribution is 5.83. The molecule has 6 heteroatoms. The lowest BCUT2D eigenvalue weighted by Gasteiger charge is -2.23. The van der Waals surface area contributed by atoms with Crippen LogP contribution < -0.4 is 4.74 Å². The van der Waals surface area contributed by atoms with Gasteiger partial charge in [0.1, 0.15) is 5.75 Å². The van der Waals surface area contributed by atoms with Gasteiger partial charge in [-0.25, -0.2) is 4.79 Å². The second kappa shape index (κ2) is 10.1. The van der Waals surface area contributed by atoms with E-state index < -0.39 is 37.8 Å². The Bertz CT molecular complexity index is 368. The molecule has 0 unspecified atom stereocenters. The van der Waals surface area contributed by atoms with Crippen LogP contribution in [0, 0.1) is 5.41 Å². The molecule has 0 bridgehead atoms. The fraction of sp³-hybridized carbons (Fsp3) is 0.357. The van der Waals surface area contributed by atoms with Crippen LogP contribution in [0.25, 0.3) is 0 Å². The summed E-state index contributed by atoms with van der Waals surface area (Å²) in [6.07, 6.45) is 1.13. The van der Waals surface area contributed by atoms with E-state index in [4.69, 9.17) is 25.2 Å². The number of benzene rings is 1. The van der Waals surface area contributed by atoms with Gasteiger partial charge in [-0.2, -0.15) is 0 Å². The van der Waals surface area contributed by atoms with Gasteiger partial charge in [0, 0.05) is 6.08 Å². The Morgan fingerprint density at radius 3 is 1.80 bits per heavy atom. The van der Waals surface area contributed by atoms with Gasteiger partial charge in [-0.3, -0.25) is 0 Å². The van der Waals surface area contributed by atoms with E-state index in [2.05, 4.69) is 6.58 Å². The minimum Gasteiger partial charge on any atom is -0.423 e. The number of aliphatic hydroxyl groups is 4. The topological polar surface area (TPSA) is 107 Å². The summed E-state index contributed by atoms with van der Waals surface area (Å²) in [6, 6.07) is 8.87. The molecule has 0 amide bonds. The first kappa shape index (κ1) is 18.3. The molecule has 0 aliphatic rings. The van der Waals surface area contributed by atoms with Crippen LogP contribution in [0.2, 0.25) is 0 Å². The van der Waals surface area contributed by atoms with Crippen molar-refractivity contribution in [1.29, 1.82) is 0 Å². The predicted octanol–water partition coefficient (Wildman–Crippen LogP) is -0.280. The van der Waals surface area contributed by atoms with Gasteiger partial charge in [0.05, 0.1) is 31.8 Å². The van der Waals surface area contributed by atoms with Crippen molar-refractivity contribution in [2.24, 2.45) is 5.41 Å². The predicted molar refractivity (Wildman–Crippen MR) is 73.1 cm³/mol. The Morgan fingerprint density at radius 1 is 1.05 bits per heavy atom. The summed E-state index contributed by atoms with van der Waals surface area (Å²) >= 11 is 0. The maximum Gasteiger partial charge on any atom is 0.335 e. The van der Waals surface area contributed by atoms with Gasteiger partial charge in [-0.15, -0.1) is 0 Å². The Hall–Kier alpha value is -1.73. The molecule has 1 rings (SSSR count). The summed E-state index contributed by atoms with van der Waals surface area (Å²) in [5.74, 6) is 0.105. The molecule has 20 heavy (non-hydrogen) atoms. The molecule has 112 valence electrons. The molecule has 1 aromatic rings. The molecule has 6 nitrogen and oxygen atoms in total. The van der Waals surface area contributed by atoms with Gasteiger partial charge in [0.2, 0.25) is 0 Å². The van der Waals surface area contributed by atoms with Crippen LogP contribution in [0.1, 0.15) is 0 Å². The van der Waals surface area contributed by atoms with Crippen molar-refractivity contribution < 1.29 is 30.0 Å². The zero-order valence-electron chi connectivity index (χ0n) is 11.1. The maximum atomic E-state index is 10.6. The average molecular weight is 284 g/mol. The first-order chi connectivity index (χ1) is 9.57. The fourth-order valence-corrected chi connectivity index (χ4v) is 0.946. The standard InChI is InChI=1S/C9H8O2.C5H12O4/c1-2-9(10)11-8-6-4-3-5-7-8;6-1-5(2-7,3-8)4-9/h2-7H,1H2;6-9H,1-4H2. The molecule has 0 aliphatic heterocycles. The van der Waals surface area contributed by atoms with Crippen LogP contribution in [0.5, 0.6) is 5.75 Å². The molecule has 0 fully saturated rings. The van der Waals surface area contributed by atoms with Crippen LogP contribution in [0.3, 0.4) is 0 Å². The molecule has 0 heterocycles. The Morgan fingerprint density at radius 2 is 1.50 bits per heavy atom. The monoisotopic (exact) mass is 284 g/mol. The van der Waals surface area contributed by atoms with E-state index in [1.54, 1.807) is 24.3 Å². The molecule has 0 spiro atoms. The number of hydrogen-bond acceptors (Lipinski definition) is 6. The molecule has 1 aromatic carbocycles. The van der Waals surface area contributed by atoms with Gasteiger partial charge < -0.3 is 25.2 Å². The second-order valence-electron chi connectivity index (χ2n) is 4.07. The summed E-state index contributed by atoms with van der Waals surface area (Å²) in [4.78, 5) is 10.6. The largest absolute Gasteiger partial charge is 0.423 e. The molecule has 0 saturated carbocycles. The van der Waals surface area contributed by atoms with Crippen LogP contribution in [0.15, 0.2) is 43.0 Å². The summed E-state index contributed by atoms with van der Waals surface area (Å²) in [5.41, 5.74) is -1.11. The van der Waals surface area contributed by atoms with E-state index in [1.165, 1.54) is 0 Å². The molecule has 0 radical (unpaired) electrons. The van der Waals surface area contributed by atoms with Crippen molar-refractivity contribution >= 4 is 5.97 Å². The summed E-state index contributed by atoms with van der Waals surface area (Å²) in [7, 11) is 0. The maximum absolute atomic E-state index is 10.6. The van der Waals surface area contributed by atoms with Gasteiger partial charge in [0.15, 0.2) is 0 Å². The number of hydrogen-bond donors (Lipinski definition) is 4. The number of para-hydroxylation sites is 1. The Labute approximate surface area is 117 Å². The normalized spacial score (nSPS) is 10.2. The molecular formula is C14H20O6. The third-order valence-corrected chi connectivity index (χ3v) is 2.47. The van der Waals surface area contributed by atoms with E-state index in [-0.39, 0.29) is 0 Å². The molecule has 0 atom stereocenters. The third kappa shape index (κ3) is 6.44. The van der Waals surface area contributed by atoms with Crippen molar-refractivity contribution in [3.63, 3.8) is 0 Å². The van der Waals surface area contributed by atoms with E-state index in [0.29, 0.717) is 5.75 Å². The summed E-state index contributed by atoms with van der Waals surface area (Å²) < 4.78 is 4.81. The molecule has 0 aliphatic carbocycles. The summed E-state index contributed by atoms with van der Waals surface area (Å²) in [6.45, 7) is 1.66. The average Bonchev–Trinajstić information content (AvgIpc) is 2.52. The van der Waals surface area contributed by atoms with Crippen molar-refractivity contribution in [2.75, 3.05) is 26.4 Å². The zero-order valence-corrected chi connectivity index (χ0v) is 11.1. The van der Waals surface area contributed by atoms with Crippen LogP contribution in [-0.4, -0.2) is 52.8 Å². The first-order valence-electron chi connectivity index (χ1n) is 5.90. The fourth-order valence-electron chi connectivity index (χ4n) is 0.946. The SMILES string of the molecule is C=CC(=O)Oc1ccccc1.OCC(CO)(CO)CO. The minimum atomic E-state index is -1.11. The quantitative estimate of drug-likeness (QED) is 0.325. The van der Waals surface area contributed by atoms with Crippen molar-refractivity contribution in [2.45, 2.75) is 0 Å². The third-order valence-electron chi connectivity index (χ3n) is 2.47. The van der Waals surface area contributed by atoms with Crippen molar-refractivity contribution in [3.05, 3.63) is 43.0 Å². The van der Waals surface area contributed by atoms with Crippen LogP contribution >= 0.6 is 0 Å². The van der Waals surface area contributed by atoms with E-state index >= 15 is 0 Å². The smallest absolute Gasteiger partial charge is 0.335 e. The molecular weight excluding hydrogens is 264 g/mol. The molecule has 0 saturated heterocycles. The number of carbonyl (C=O) groups is 1. The lowest BCUT2D eigenvalue weighted by atomic mass is 9.93. The Kier molecular flexibility index (Phi) is 9.23. The van der Waals surface area contributed by atoms with E-state index in [1.807, 2.05) is 6.07 Å². The highest BCUT2D eigenvalue weighted by atomic mass is 16.5. The number of carbonyl (C=O) groups excluding carboxylic acids is 1. The first-order valence-corrected chi connectivity index (χ1v) is 5.90. The van der Waals surface area contributed by atoms with Crippen LogP contribution in [-0.2, 0) is 4.79 Å². The van der Waals surface area contributed by atoms with Gasteiger partial charge >= 0.3 is 5.97 Å². The number of esters is 1. The number of rotatable bonds is 6. The number of ether oxygens (including phenoxy) is 1. The second-order valence-corrected chi connectivity index (χ2v) is 4.07. The van der Waals surface area contributed by atoms with Gasteiger partial charge in [0.25, 0.3) is 0 Å². The van der Waals surface area contributed by atoms with Gasteiger partial charge in [-0.05, 0) is 12.1 Å². The minimum absolute atomic E-state index is 0.406. The van der Waals surface area contributed by atoms with Crippen molar-refractivity contribution in [1.82, 2.24) is 0 Å². The molecule has 0 aromatic heterocycles. The zero-order chi connectivity index (χ0) is 15.4. The summed E-state index contributed by atoms with van der Waals surface area (Å²) in [5, 5.41) is 34.0. The van der Waals surface area contributed by atoms with Gasteiger partial charge in [-0.1, -0.05) is 24.8 Å². The van der Waals surface area contributed by atoms with Crippen LogP contribution in [0.4, 0.5) is 0 Å². The number of aliphatic hydroxyl groups excluding tert-OH is 4. The lowest BCUT2D eigenvalue weighted by Crippen LogP contribution is -2.37. The Balaban J connectivity index is 0.000000370. The van der Waals surface area contributed by atoms with E-state index in [0.717, 1.165) is 6.08 Å². The van der Waals surface area contributed by atoms with Crippen molar-refractivity contribution in [3.8, 4) is 5.75 Å². The highest BCUT2D eigenvalue weighted by Gasteiger charge is 2.26. The lowest BCUT2D eigenvalue weighted by molar-refractivity contribution is -0.128. The molecule has 4 N–H and O–H groups in total. The highest BCUT2D eigenvalue weighted by Crippen LogP contribution is 2.11. The van der Waals surface area contributed by atoms with E-state index in [9.17, 15) is 4.79 Å².